The maximum absolute atomic E-state index is 10.8. The van der Waals surface area contributed by atoms with Crippen molar-refractivity contribution < 1.29 is 14.6 Å². The number of carbonyl (C=O) groups is 1. The molecule has 4 heteroatoms. The number of benzene rings is 2. The summed E-state index contributed by atoms with van der Waals surface area (Å²) in [6.07, 6.45) is 2.99. The summed E-state index contributed by atoms with van der Waals surface area (Å²) in [4.78, 5) is 10.8. The van der Waals surface area contributed by atoms with Crippen LogP contribution in [-0.4, -0.2) is 22.2 Å². The van der Waals surface area contributed by atoms with Gasteiger partial charge in [0.25, 0.3) is 0 Å². The van der Waals surface area contributed by atoms with Gasteiger partial charge in [-0.3, -0.25) is 0 Å². The van der Waals surface area contributed by atoms with Crippen LogP contribution in [0.15, 0.2) is 54.7 Å². The van der Waals surface area contributed by atoms with Crippen LogP contribution in [0.4, 0.5) is 0 Å². The molecule has 1 N–H and O–H groups in total. The summed E-state index contributed by atoms with van der Waals surface area (Å²) >= 11 is 0. The zero-order chi connectivity index (χ0) is 16.2. The van der Waals surface area contributed by atoms with Gasteiger partial charge in [-0.15, -0.1) is 0 Å². The SMILES string of the molecule is Cc1ccc2c(ccn2CCCOc2ccc(C(=O)O)cc2)c1. The largest absolute Gasteiger partial charge is 0.494 e. The van der Waals surface area contributed by atoms with Crippen molar-refractivity contribution in [1.82, 2.24) is 4.57 Å². The lowest BCUT2D eigenvalue weighted by molar-refractivity contribution is 0.0697. The van der Waals surface area contributed by atoms with Crippen LogP contribution in [0.5, 0.6) is 5.75 Å². The van der Waals surface area contributed by atoms with Gasteiger partial charge in [-0.2, -0.15) is 0 Å². The van der Waals surface area contributed by atoms with Gasteiger partial charge < -0.3 is 14.4 Å². The molecule has 4 nitrogen and oxygen atoms in total. The van der Waals surface area contributed by atoms with Crippen molar-refractivity contribution in [2.24, 2.45) is 0 Å². The Bertz CT molecular complexity index is 818. The van der Waals surface area contributed by atoms with Crippen molar-refractivity contribution in [2.45, 2.75) is 19.9 Å². The fourth-order valence-corrected chi connectivity index (χ4v) is 2.63. The van der Waals surface area contributed by atoms with Gasteiger partial charge in [0.15, 0.2) is 0 Å². The molecule has 0 spiro atoms. The molecule has 0 amide bonds. The molecule has 2 aromatic carbocycles. The van der Waals surface area contributed by atoms with Gasteiger partial charge >= 0.3 is 5.97 Å². The first-order valence-corrected chi connectivity index (χ1v) is 7.65. The number of carboxylic acids is 1. The molecule has 0 aliphatic heterocycles. The minimum Gasteiger partial charge on any atom is -0.494 e. The molecule has 0 radical (unpaired) electrons. The highest BCUT2D eigenvalue weighted by Gasteiger charge is 2.03. The van der Waals surface area contributed by atoms with E-state index in [0.29, 0.717) is 12.4 Å². The van der Waals surface area contributed by atoms with Crippen molar-refractivity contribution in [3.05, 3.63) is 65.9 Å². The number of carboxylic acid groups (broad SMARTS) is 1. The quantitative estimate of drug-likeness (QED) is 0.697. The van der Waals surface area contributed by atoms with Crippen molar-refractivity contribution >= 4 is 16.9 Å². The van der Waals surface area contributed by atoms with Gasteiger partial charge in [0.1, 0.15) is 5.75 Å². The third kappa shape index (κ3) is 3.54. The predicted molar refractivity (Wildman–Crippen MR) is 90.2 cm³/mol. The number of aryl methyl sites for hydroxylation is 2. The monoisotopic (exact) mass is 309 g/mol. The Hall–Kier alpha value is -2.75. The van der Waals surface area contributed by atoms with Gasteiger partial charge in [-0.1, -0.05) is 11.6 Å². The van der Waals surface area contributed by atoms with Gasteiger partial charge in [0.2, 0.25) is 0 Å². The highest BCUT2D eigenvalue weighted by Crippen LogP contribution is 2.18. The molecule has 0 saturated carbocycles. The normalized spacial score (nSPS) is 10.8. The van der Waals surface area contributed by atoms with E-state index in [-0.39, 0.29) is 5.56 Å². The molecule has 23 heavy (non-hydrogen) atoms. The lowest BCUT2D eigenvalue weighted by Gasteiger charge is -2.08. The summed E-state index contributed by atoms with van der Waals surface area (Å²) in [5.74, 6) is -0.228. The van der Waals surface area contributed by atoms with E-state index >= 15 is 0 Å². The van der Waals surface area contributed by atoms with Gasteiger partial charge in [-0.25, -0.2) is 4.79 Å². The lowest BCUT2D eigenvalue weighted by Crippen LogP contribution is -2.04. The highest BCUT2D eigenvalue weighted by molar-refractivity contribution is 5.87. The number of ether oxygens (including phenoxy) is 1. The second-order valence-electron chi connectivity index (χ2n) is 5.60. The minimum atomic E-state index is -0.925. The Balaban J connectivity index is 1.53. The minimum absolute atomic E-state index is 0.270. The molecule has 3 rings (SSSR count). The Morgan fingerprint density at radius 3 is 2.65 bits per heavy atom. The van der Waals surface area contributed by atoms with Crippen LogP contribution >= 0.6 is 0 Å². The van der Waals surface area contributed by atoms with E-state index in [4.69, 9.17) is 9.84 Å². The van der Waals surface area contributed by atoms with E-state index in [2.05, 4.69) is 42.0 Å². The topological polar surface area (TPSA) is 51.5 Å². The predicted octanol–water partition coefficient (Wildman–Crippen LogP) is 4.12. The number of rotatable bonds is 6. The molecule has 0 fully saturated rings. The first-order chi connectivity index (χ1) is 11.1. The molecule has 0 unspecified atom stereocenters. The summed E-state index contributed by atoms with van der Waals surface area (Å²) in [6.45, 7) is 3.58. The van der Waals surface area contributed by atoms with Gasteiger partial charge in [-0.05, 0) is 61.2 Å². The van der Waals surface area contributed by atoms with Crippen molar-refractivity contribution in [2.75, 3.05) is 6.61 Å². The first-order valence-electron chi connectivity index (χ1n) is 7.65. The van der Waals surface area contributed by atoms with E-state index in [1.165, 1.54) is 16.5 Å². The van der Waals surface area contributed by atoms with Crippen LogP contribution in [0.3, 0.4) is 0 Å². The van der Waals surface area contributed by atoms with Crippen LogP contribution in [0.2, 0.25) is 0 Å². The van der Waals surface area contributed by atoms with Crippen LogP contribution in [0, 0.1) is 6.92 Å². The second kappa shape index (κ2) is 6.57. The molecule has 1 heterocycles. The van der Waals surface area contributed by atoms with Crippen LogP contribution < -0.4 is 4.74 Å². The average Bonchev–Trinajstić information content (AvgIpc) is 2.94. The summed E-state index contributed by atoms with van der Waals surface area (Å²) in [7, 11) is 0. The lowest BCUT2D eigenvalue weighted by atomic mass is 10.2. The maximum atomic E-state index is 10.8. The maximum Gasteiger partial charge on any atom is 0.335 e. The standard InChI is InChI=1S/C19H19NO3/c1-14-3-8-18-16(13-14)9-11-20(18)10-2-12-23-17-6-4-15(5-7-17)19(21)22/h3-9,11,13H,2,10,12H2,1H3,(H,21,22). The summed E-state index contributed by atoms with van der Waals surface area (Å²) in [5, 5.41) is 10.1. The molecular formula is C19H19NO3. The van der Waals surface area contributed by atoms with E-state index in [1.807, 2.05) is 0 Å². The smallest absolute Gasteiger partial charge is 0.335 e. The van der Waals surface area contributed by atoms with E-state index in [1.54, 1.807) is 24.3 Å². The second-order valence-corrected chi connectivity index (χ2v) is 5.60. The number of hydrogen-bond donors (Lipinski definition) is 1. The summed E-state index contributed by atoms with van der Waals surface area (Å²) in [6, 6.07) is 15.1. The number of aromatic carboxylic acids is 1. The fraction of sp³-hybridized carbons (Fsp3) is 0.211. The van der Waals surface area contributed by atoms with Gasteiger partial charge in [0.05, 0.1) is 12.2 Å². The average molecular weight is 309 g/mol. The Labute approximate surface area is 134 Å². The first kappa shape index (κ1) is 15.2. The Morgan fingerprint density at radius 2 is 1.91 bits per heavy atom. The zero-order valence-electron chi connectivity index (χ0n) is 13.0. The molecule has 1 aromatic heterocycles. The van der Waals surface area contributed by atoms with E-state index in [0.717, 1.165) is 13.0 Å². The van der Waals surface area contributed by atoms with Gasteiger partial charge in [0, 0.05) is 18.3 Å². The number of fused-ring (bicyclic) bond motifs is 1. The number of nitrogens with zero attached hydrogens (tertiary/aromatic N) is 1. The van der Waals surface area contributed by atoms with Crippen molar-refractivity contribution in [3.8, 4) is 5.75 Å². The summed E-state index contributed by atoms with van der Waals surface area (Å²) in [5.41, 5.74) is 2.77. The Kier molecular flexibility index (Phi) is 4.33. The molecule has 0 bridgehead atoms. The molecule has 0 aliphatic carbocycles. The molecule has 118 valence electrons. The highest BCUT2D eigenvalue weighted by atomic mass is 16.5. The Morgan fingerprint density at radius 1 is 1.13 bits per heavy atom. The molecule has 0 atom stereocenters. The zero-order valence-corrected chi connectivity index (χ0v) is 13.0. The van der Waals surface area contributed by atoms with Crippen molar-refractivity contribution in [1.29, 1.82) is 0 Å². The number of hydrogen-bond acceptors (Lipinski definition) is 2. The van der Waals surface area contributed by atoms with Crippen LogP contribution in [0.25, 0.3) is 10.9 Å². The third-order valence-electron chi connectivity index (χ3n) is 3.84. The molecule has 3 aromatic rings. The van der Waals surface area contributed by atoms with Crippen LogP contribution in [0.1, 0.15) is 22.3 Å². The molecule has 0 aliphatic rings. The third-order valence-corrected chi connectivity index (χ3v) is 3.84. The summed E-state index contributed by atoms with van der Waals surface area (Å²) < 4.78 is 7.89. The van der Waals surface area contributed by atoms with E-state index < -0.39 is 5.97 Å². The molecular weight excluding hydrogens is 290 g/mol. The molecule has 0 saturated heterocycles. The van der Waals surface area contributed by atoms with Crippen molar-refractivity contribution in [3.63, 3.8) is 0 Å². The van der Waals surface area contributed by atoms with Crippen LogP contribution in [-0.2, 0) is 6.54 Å². The van der Waals surface area contributed by atoms with E-state index in [9.17, 15) is 4.79 Å². The fourth-order valence-electron chi connectivity index (χ4n) is 2.63. The number of aromatic nitrogens is 1.